The smallest absolute Gasteiger partial charge is 0.282 e. The highest BCUT2D eigenvalue weighted by molar-refractivity contribution is 9.10. The Morgan fingerprint density at radius 3 is 2.21 bits per heavy atom. The van der Waals surface area contributed by atoms with Gasteiger partial charge in [0.15, 0.2) is 6.04 Å². The van der Waals surface area contributed by atoms with E-state index in [4.69, 9.17) is 0 Å². The van der Waals surface area contributed by atoms with Crippen LogP contribution in [-0.2, 0) is 11.3 Å². The summed E-state index contributed by atoms with van der Waals surface area (Å²) >= 11 is 3.45. The van der Waals surface area contributed by atoms with Crippen molar-refractivity contribution in [2.75, 3.05) is 12.4 Å². The number of carbonyl (C=O) groups excluding carboxylic acids is 1. The van der Waals surface area contributed by atoms with E-state index in [0.29, 0.717) is 0 Å². The average Bonchev–Trinajstić information content (AvgIpc) is 2.52. The van der Waals surface area contributed by atoms with E-state index in [2.05, 4.69) is 59.5 Å². The Morgan fingerprint density at radius 2 is 1.67 bits per heavy atom. The molecule has 4 heteroatoms. The second-order valence-electron chi connectivity index (χ2n) is 6.63. The third-order valence-electron chi connectivity index (χ3n) is 4.45. The lowest BCUT2D eigenvalue weighted by molar-refractivity contribution is -0.907. The maximum absolute atomic E-state index is 12.6. The quantitative estimate of drug-likeness (QED) is 0.806. The Bertz CT molecular complexity index is 702. The zero-order chi connectivity index (χ0) is 17.9. The highest BCUT2D eigenvalue weighted by Crippen LogP contribution is 2.21. The molecule has 0 heterocycles. The van der Waals surface area contributed by atoms with Crippen LogP contribution in [0.2, 0.25) is 0 Å². The Labute approximate surface area is 153 Å². The van der Waals surface area contributed by atoms with E-state index < -0.39 is 0 Å². The fourth-order valence-electron chi connectivity index (χ4n) is 2.91. The lowest BCUT2D eigenvalue weighted by atomic mass is 10.0. The Kier molecular flexibility index (Phi) is 6.19. The van der Waals surface area contributed by atoms with Gasteiger partial charge in [-0.1, -0.05) is 45.8 Å². The van der Waals surface area contributed by atoms with Gasteiger partial charge in [0, 0.05) is 15.7 Å². The number of aryl methyl sites for hydroxylation is 3. The van der Waals surface area contributed by atoms with E-state index in [-0.39, 0.29) is 11.9 Å². The van der Waals surface area contributed by atoms with E-state index >= 15 is 0 Å². The zero-order valence-corrected chi connectivity index (χ0v) is 16.6. The summed E-state index contributed by atoms with van der Waals surface area (Å²) in [7, 11) is 2.06. The number of carbonyl (C=O) groups is 1. The van der Waals surface area contributed by atoms with Gasteiger partial charge in [-0.05, 0) is 51.0 Å². The van der Waals surface area contributed by atoms with Gasteiger partial charge in [0.2, 0.25) is 0 Å². The first-order valence-corrected chi connectivity index (χ1v) is 9.02. The number of anilines is 1. The number of quaternary nitrogens is 1. The van der Waals surface area contributed by atoms with Gasteiger partial charge >= 0.3 is 0 Å². The standard InChI is InChI=1S/C20H25BrN2O/c1-13-10-14(2)19(15(3)11-13)22-20(24)16(4)23(5)12-17-6-8-18(21)9-7-17/h6-11,16H,12H2,1-5H3,(H,22,24)/p+1/t16-/m1/s1. The molecule has 2 rings (SSSR count). The van der Waals surface area contributed by atoms with Crippen LogP contribution >= 0.6 is 15.9 Å². The van der Waals surface area contributed by atoms with Crippen LogP contribution in [0, 0.1) is 20.8 Å². The second kappa shape index (κ2) is 7.95. The summed E-state index contributed by atoms with van der Waals surface area (Å²) < 4.78 is 1.07. The van der Waals surface area contributed by atoms with Crippen molar-refractivity contribution < 1.29 is 9.69 Å². The van der Waals surface area contributed by atoms with Crippen molar-refractivity contribution >= 4 is 27.5 Å². The first-order valence-electron chi connectivity index (χ1n) is 8.23. The van der Waals surface area contributed by atoms with Gasteiger partial charge in [-0.2, -0.15) is 0 Å². The number of hydrogen-bond acceptors (Lipinski definition) is 1. The minimum atomic E-state index is -0.131. The Hall–Kier alpha value is -1.65. The first-order chi connectivity index (χ1) is 11.3. The molecule has 0 aliphatic heterocycles. The third kappa shape index (κ3) is 4.68. The SMILES string of the molecule is Cc1cc(C)c(NC(=O)[C@@H](C)[NH+](C)Cc2ccc(Br)cc2)c(C)c1. The normalized spacial score (nSPS) is 13.4. The van der Waals surface area contributed by atoms with Crippen LogP contribution in [0.25, 0.3) is 0 Å². The number of benzene rings is 2. The summed E-state index contributed by atoms with van der Waals surface area (Å²) in [6.07, 6.45) is 0. The summed E-state index contributed by atoms with van der Waals surface area (Å²) in [5.41, 5.74) is 5.60. The molecule has 0 saturated heterocycles. The molecule has 0 radical (unpaired) electrons. The maximum Gasteiger partial charge on any atom is 0.282 e. The van der Waals surface area contributed by atoms with Crippen LogP contribution in [0.4, 0.5) is 5.69 Å². The molecule has 1 amide bonds. The minimum absolute atomic E-state index is 0.0552. The highest BCUT2D eigenvalue weighted by Gasteiger charge is 2.23. The fraction of sp³-hybridized carbons (Fsp3) is 0.350. The summed E-state index contributed by atoms with van der Waals surface area (Å²) in [5, 5.41) is 3.11. The van der Waals surface area contributed by atoms with Crippen molar-refractivity contribution in [3.05, 3.63) is 63.1 Å². The van der Waals surface area contributed by atoms with Crippen molar-refractivity contribution in [3.8, 4) is 0 Å². The molecular formula is C20H26BrN2O+. The molecule has 2 N–H and O–H groups in total. The van der Waals surface area contributed by atoms with Crippen LogP contribution in [-0.4, -0.2) is 19.0 Å². The Balaban J connectivity index is 2.05. The van der Waals surface area contributed by atoms with E-state index in [0.717, 1.165) is 32.7 Å². The number of nitrogens with one attached hydrogen (secondary N) is 2. The van der Waals surface area contributed by atoms with Gasteiger partial charge in [-0.25, -0.2) is 0 Å². The van der Waals surface area contributed by atoms with E-state index in [9.17, 15) is 4.79 Å². The fourth-order valence-corrected chi connectivity index (χ4v) is 3.17. The number of likely N-dealkylation sites (N-methyl/N-ethyl adjacent to an activating group) is 1. The van der Waals surface area contributed by atoms with E-state index in [1.165, 1.54) is 11.1 Å². The van der Waals surface area contributed by atoms with Crippen molar-refractivity contribution in [2.45, 2.75) is 40.3 Å². The topological polar surface area (TPSA) is 33.5 Å². The van der Waals surface area contributed by atoms with Gasteiger partial charge in [-0.15, -0.1) is 0 Å². The van der Waals surface area contributed by atoms with Crippen molar-refractivity contribution in [2.24, 2.45) is 0 Å². The van der Waals surface area contributed by atoms with E-state index in [1.54, 1.807) is 0 Å². The molecule has 2 aromatic rings. The predicted octanol–water partition coefficient (Wildman–Crippen LogP) is 3.42. The van der Waals surface area contributed by atoms with Gasteiger partial charge in [0.05, 0.1) is 7.05 Å². The molecule has 2 aromatic carbocycles. The average molecular weight is 390 g/mol. The maximum atomic E-state index is 12.6. The molecule has 1 unspecified atom stereocenters. The van der Waals surface area contributed by atoms with Crippen molar-refractivity contribution in [3.63, 3.8) is 0 Å². The third-order valence-corrected chi connectivity index (χ3v) is 4.98. The lowest BCUT2D eigenvalue weighted by Gasteiger charge is -2.22. The molecule has 24 heavy (non-hydrogen) atoms. The number of amides is 1. The van der Waals surface area contributed by atoms with Gasteiger partial charge in [0.1, 0.15) is 6.54 Å². The molecular weight excluding hydrogens is 364 g/mol. The van der Waals surface area contributed by atoms with Crippen LogP contribution in [0.1, 0.15) is 29.2 Å². The molecule has 3 nitrogen and oxygen atoms in total. The second-order valence-corrected chi connectivity index (χ2v) is 7.55. The van der Waals surface area contributed by atoms with E-state index in [1.807, 2.05) is 32.9 Å². The molecule has 0 aliphatic carbocycles. The Morgan fingerprint density at radius 1 is 1.12 bits per heavy atom. The minimum Gasteiger partial charge on any atom is -0.324 e. The predicted molar refractivity (Wildman–Crippen MR) is 103 cm³/mol. The van der Waals surface area contributed by atoms with Crippen LogP contribution in [0.5, 0.6) is 0 Å². The first kappa shape index (κ1) is 18.7. The van der Waals surface area contributed by atoms with Gasteiger partial charge in [0.25, 0.3) is 5.91 Å². The summed E-state index contributed by atoms with van der Waals surface area (Å²) in [6.45, 7) is 8.94. The number of hydrogen-bond donors (Lipinski definition) is 2. The van der Waals surface area contributed by atoms with Crippen molar-refractivity contribution in [1.82, 2.24) is 0 Å². The molecule has 0 spiro atoms. The number of rotatable bonds is 5. The summed E-state index contributed by atoms with van der Waals surface area (Å²) in [6, 6.07) is 12.3. The van der Waals surface area contributed by atoms with Crippen LogP contribution < -0.4 is 10.2 Å². The van der Waals surface area contributed by atoms with Gasteiger partial charge in [-0.3, -0.25) is 4.79 Å². The molecule has 0 saturated carbocycles. The highest BCUT2D eigenvalue weighted by atomic mass is 79.9. The summed E-state index contributed by atoms with van der Waals surface area (Å²) in [5.74, 6) is 0.0552. The molecule has 2 atom stereocenters. The largest absolute Gasteiger partial charge is 0.324 e. The monoisotopic (exact) mass is 389 g/mol. The number of halogens is 1. The van der Waals surface area contributed by atoms with Crippen LogP contribution in [0.15, 0.2) is 40.9 Å². The molecule has 0 bridgehead atoms. The molecule has 128 valence electrons. The van der Waals surface area contributed by atoms with Gasteiger partial charge < -0.3 is 10.2 Å². The van der Waals surface area contributed by atoms with Crippen molar-refractivity contribution in [1.29, 1.82) is 0 Å². The molecule has 0 aromatic heterocycles. The molecule has 0 fully saturated rings. The summed E-state index contributed by atoms with van der Waals surface area (Å²) in [4.78, 5) is 13.8. The lowest BCUT2D eigenvalue weighted by Crippen LogP contribution is -3.12. The molecule has 0 aliphatic rings. The zero-order valence-electron chi connectivity index (χ0n) is 15.0. The van der Waals surface area contributed by atoms with Crippen LogP contribution in [0.3, 0.4) is 0 Å².